The number of aliphatic carboxylic acids is 1. The van der Waals surface area contributed by atoms with E-state index in [0.717, 1.165) is 17.6 Å². The Kier molecular flexibility index (Phi) is 8.74. The van der Waals surface area contributed by atoms with Crippen molar-refractivity contribution in [1.82, 2.24) is 4.90 Å². The minimum absolute atomic E-state index is 0.0599. The van der Waals surface area contributed by atoms with Gasteiger partial charge in [0.2, 0.25) is 6.41 Å². The molecule has 4 rings (SSSR count). The molecule has 3 atom stereocenters. The molecule has 0 aromatic heterocycles. The van der Waals surface area contributed by atoms with Crippen LogP contribution >= 0.6 is 0 Å². The number of nitrogens with zero attached hydrogens (tertiary/aromatic N) is 1. The molecule has 42 heavy (non-hydrogen) atoms. The number of carboxylic acids is 1. The quantitative estimate of drug-likeness (QED) is 0.331. The number of hydrogen-bond acceptors (Lipinski definition) is 5. The second kappa shape index (κ2) is 11.5. The highest BCUT2D eigenvalue weighted by molar-refractivity contribution is 5.77. The highest BCUT2D eigenvalue weighted by Crippen LogP contribution is 2.47. The molecule has 0 saturated carbocycles. The van der Waals surface area contributed by atoms with Gasteiger partial charge < -0.3 is 19.7 Å². The number of hydrogen-bond donors (Lipinski definition) is 2. The summed E-state index contributed by atoms with van der Waals surface area (Å²) in [6.07, 6.45) is -11.1. The van der Waals surface area contributed by atoms with Crippen LogP contribution in [0.1, 0.15) is 74.0 Å². The summed E-state index contributed by atoms with van der Waals surface area (Å²) in [5.41, 5.74) is -0.348. The van der Waals surface area contributed by atoms with E-state index in [0.29, 0.717) is 41.9 Å². The summed E-state index contributed by atoms with van der Waals surface area (Å²) in [4.78, 5) is 12.8. The number of aliphatic hydroxyl groups is 1. The van der Waals surface area contributed by atoms with Crippen LogP contribution in [0.15, 0.2) is 42.0 Å². The molecular formula is C30H33F6NO5. The molecule has 0 spiro atoms. The molecule has 2 aromatic carbocycles. The summed E-state index contributed by atoms with van der Waals surface area (Å²) < 4.78 is 92.2. The van der Waals surface area contributed by atoms with Crippen LogP contribution in [0.3, 0.4) is 0 Å². The average molecular weight is 602 g/mol. The molecule has 0 radical (unpaired) electrons. The number of rotatable bonds is 7. The van der Waals surface area contributed by atoms with Crippen LogP contribution in [0, 0.1) is 5.41 Å². The summed E-state index contributed by atoms with van der Waals surface area (Å²) >= 11 is 0. The Bertz CT molecular complexity index is 1330. The zero-order chi connectivity index (χ0) is 31.2. The van der Waals surface area contributed by atoms with E-state index in [9.17, 15) is 41.4 Å². The Labute approximate surface area is 239 Å². The predicted octanol–water partition coefficient (Wildman–Crippen LogP) is 7.06. The zero-order valence-corrected chi connectivity index (χ0v) is 23.6. The fourth-order valence-corrected chi connectivity index (χ4v) is 5.81. The lowest BCUT2D eigenvalue weighted by Gasteiger charge is -2.36. The van der Waals surface area contributed by atoms with Crippen molar-refractivity contribution in [2.45, 2.75) is 77.4 Å². The molecule has 0 amide bonds. The molecule has 1 heterocycles. The molecule has 2 aromatic rings. The highest BCUT2D eigenvalue weighted by atomic mass is 19.4. The van der Waals surface area contributed by atoms with Gasteiger partial charge in [-0.05, 0) is 78.6 Å². The number of methoxy groups -OCH3 is 1. The summed E-state index contributed by atoms with van der Waals surface area (Å²) in [6.45, 7) is 5.85. The number of aliphatic hydroxyl groups excluding tert-OH is 1. The van der Waals surface area contributed by atoms with E-state index in [1.54, 1.807) is 25.1 Å². The molecule has 1 aliphatic heterocycles. The van der Waals surface area contributed by atoms with Gasteiger partial charge in [-0.1, -0.05) is 25.5 Å². The molecule has 1 aliphatic carbocycles. The molecule has 2 N–H and O–H groups in total. The standard InChI is InChI=1S/C30H33F6NO5/c1-16-26(18-11-20(29(31,32)33)13-21(12-18)30(34,35)36)42-27(40)37(16)15-19-14-28(2,3)8-7-22(19)23-9-17(10-25(38)39)5-6-24(23)41-4/h5-6,9,11-13,16,26-27,40H,7-8,10,14-15H2,1-4H3,(H,38,39)/t16-,26-,27?/m0/s1. The van der Waals surface area contributed by atoms with E-state index >= 15 is 0 Å². The van der Waals surface area contributed by atoms with Crippen LogP contribution in [-0.4, -0.2) is 47.2 Å². The van der Waals surface area contributed by atoms with Crippen molar-refractivity contribution in [3.8, 4) is 5.75 Å². The lowest BCUT2D eigenvalue weighted by Crippen LogP contribution is -2.38. The predicted molar refractivity (Wildman–Crippen MR) is 141 cm³/mol. The average Bonchev–Trinajstić information content (AvgIpc) is 3.15. The van der Waals surface area contributed by atoms with E-state index in [-0.39, 0.29) is 30.0 Å². The fourth-order valence-electron chi connectivity index (χ4n) is 5.81. The SMILES string of the molecule is COc1ccc(CC(=O)O)cc1C1=C(CN2C(O)O[C@H](c3cc(C(F)(F)F)cc(C(F)(F)F)c3)[C@@H]2C)CC(C)(C)CC1. The van der Waals surface area contributed by atoms with Gasteiger partial charge in [0.05, 0.1) is 24.7 Å². The summed E-state index contributed by atoms with van der Waals surface area (Å²) in [5.74, 6) is -0.463. The first kappa shape index (κ1) is 31.8. The van der Waals surface area contributed by atoms with Gasteiger partial charge in [-0.15, -0.1) is 0 Å². The van der Waals surface area contributed by atoms with Gasteiger partial charge >= 0.3 is 18.3 Å². The normalized spacial score (nSPS) is 23.4. The fraction of sp³-hybridized carbons (Fsp3) is 0.500. The number of benzene rings is 2. The Morgan fingerprint density at radius 1 is 1.07 bits per heavy atom. The van der Waals surface area contributed by atoms with Crippen LogP contribution in [0.4, 0.5) is 26.3 Å². The van der Waals surface area contributed by atoms with Gasteiger partial charge in [0, 0.05) is 18.2 Å². The molecular weight excluding hydrogens is 568 g/mol. The first-order valence-corrected chi connectivity index (χ1v) is 13.4. The number of carboxylic acid groups (broad SMARTS) is 1. The van der Waals surface area contributed by atoms with E-state index < -0.39 is 48.0 Å². The third-order valence-corrected chi connectivity index (χ3v) is 7.94. The monoisotopic (exact) mass is 601 g/mol. The van der Waals surface area contributed by atoms with E-state index in [2.05, 4.69) is 13.8 Å². The molecule has 2 aliphatic rings. The van der Waals surface area contributed by atoms with E-state index in [4.69, 9.17) is 9.47 Å². The maximum Gasteiger partial charge on any atom is 0.416 e. The molecule has 230 valence electrons. The number of alkyl halides is 6. The summed E-state index contributed by atoms with van der Waals surface area (Å²) in [6, 6.07) is 5.63. The van der Waals surface area contributed by atoms with Gasteiger partial charge in [0.25, 0.3) is 0 Å². The number of allylic oxidation sites excluding steroid dienone is 1. The topological polar surface area (TPSA) is 79.2 Å². The van der Waals surface area contributed by atoms with Crippen molar-refractivity contribution in [3.05, 3.63) is 69.8 Å². The van der Waals surface area contributed by atoms with Gasteiger partial charge in [0.15, 0.2) is 0 Å². The molecule has 1 fully saturated rings. The zero-order valence-electron chi connectivity index (χ0n) is 23.6. The number of halogens is 6. The van der Waals surface area contributed by atoms with Crippen molar-refractivity contribution in [3.63, 3.8) is 0 Å². The Balaban J connectivity index is 1.73. The van der Waals surface area contributed by atoms with E-state index in [1.165, 1.54) is 12.0 Å². The van der Waals surface area contributed by atoms with Crippen LogP contribution in [0.5, 0.6) is 5.75 Å². The first-order chi connectivity index (χ1) is 19.4. The van der Waals surface area contributed by atoms with Crippen molar-refractivity contribution in [2.75, 3.05) is 13.7 Å². The number of ether oxygens (including phenoxy) is 2. The Hall–Kier alpha value is -3.09. The van der Waals surface area contributed by atoms with Crippen LogP contribution in [0.25, 0.3) is 5.57 Å². The van der Waals surface area contributed by atoms with Gasteiger partial charge in [0.1, 0.15) is 11.9 Å². The summed E-state index contributed by atoms with van der Waals surface area (Å²) in [7, 11) is 1.50. The first-order valence-electron chi connectivity index (χ1n) is 13.4. The molecule has 12 heteroatoms. The third-order valence-electron chi connectivity index (χ3n) is 7.94. The van der Waals surface area contributed by atoms with Crippen LogP contribution < -0.4 is 4.74 Å². The van der Waals surface area contributed by atoms with Crippen molar-refractivity contribution >= 4 is 11.5 Å². The minimum atomic E-state index is -5.02. The minimum Gasteiger partial charge on any atom is -0.496 e. The Morgan fingerprint density at radius 2 is 1.69 bits per heavy atom. The second-order valence-corrected chi connectivity index (χ2v) is 11.7. The molecule has 1 unspecified atom stereocenters. The van der Waals surface area contributed by atoms with Crippen molar-refractivity contribution in [1.29, 1.82) is 0 Å². The molecule has 0 bridgehead atoms. The van der Waals surface area contributed by atoms with Gasteiger partial charge in [-0.25, -0.2) is 4.90 Å². The molecule has 6 nitrogen and oxygen atoms in total. The maximum atomic E-state index is 13.5. The van der Waals surface area contributed by atoms with E-state index in [1.807, 2.05) is 0 Å². The third kappa shape index (κ3) is 6.92. The lowest BCUT2D eigenvalue weighted by atomic mass is 9.72. The van der Waals surface area contributed by atoms with Crippen LogP contribution in [-0.2, 0) is 28.3 Å². The van der Waals surface area contributed by atoms with Crippen molar-refractivity contribution < 1.29 is 50.8 Å². The highest BCUT2D eigenvalue weighted by Gasteiger charge is 2.44. The maximum absolute atomic E-state index is 13.5. The van der Waals surface area contributed by atoms with Gasteiger partial charge in [-0.2, -0.15) is 26.3 Å². The summed E-state index contributed by atoms with van der Waals surface area (Å²) in [5, 5.41) is 20.1. The van der Waals surface area contributed by atoms with Gasteiger partial charge in [-0.3, -0.25) is 4.79 Å². The lowest BCUT2D eigenvalue weighted by molar-refractivity contribution is -0.150. The molecule has 1 saturated heterocycles. The smallest absolute Gasteiger partial charge is 0.416 e. The number of carbonyl (C=O) groups is 1. The second-order valence-electron chi connectivity index (χ2n) is 11.7. The Morgan fingerprint density at radius 3 is 2.24 bits per heavy atom. The van der Waals surface area contributed by atoms with Crippen LogP contribution in [0.2, 0.25) is 0 Å². The largest absolute Gasteiger partial charge is 0.496 e. The van der Waals surface area contributed by atoms with Crippen molar-refractivity contribution in [2.24, 2.45) is 5.41 Å².